The second-order valence-electron chi connectivity index (χ2n) is 4.03. The normalized spacial score (nSPS) is 11.6. The van der Waals surface area contributed by atoms with Crippen molar-refractivity contribution in [2.24, 2.45) is 0 Å². The quantitative estimate of drug-likeness (QED) is 0.451. The van der Waals surface area contributed by atoms with Gasteiger partial charge in [0.1, 0.15) is 5.56 Å². The number of methoxy groups -OCH3 is 1. The number of hydrogen-bond donors (Lipinski definition) is 2. The predicted molar refractivity (Wildman–Crippen MR) is 68.2 cm³/mol. The number of hydrogen-bond acceptors (Lipinski definition) is 6. The minimum atomic E-state index is -1.52. The molecule has 1 atom stereocenters. The summed E-state index contributed by atoms with van der Waals surface area (Å²) in [5.41, 5.74) is 0.196. The molecule has 0 spiro atoms. The summed E-state index contributed by atoms with van der Waals surface area (Å²) < 4.78 is 4.28. The maximum atomic E-state index is 11.9. The van der Waals surface area contributed by atoms with Crippen molar-refractivity contribution in [3.8, 4) is 0 Å². The third-order valence-corrected chi connectivity index (χ3v) is 2.52. The number of nitro benzene ring substituents is 1. The van der Waals surface area contributed by atoms with E-state index in [2.05, 4.69) is 10.1 Å². The Morgan fingerprint density at radius 1 is 1.50 bits per heavy atom. The number of aliphatic hydroxyl groups is 1. The Kier molecular flexibility index (Phi) is 5.15. The second kappa shape index (κ2) is 6.62. The zero-order valence-corrected chi connectivity index (χ0v) is 11.0. The lowest BCUT2D eigenvalue weighted by atomic mass is 10.1. The van der Waals surface area contributed by atoms with Gasteiger partial charge in [-0.15, -0.1) is 0 Å². The van der Waals surface area contributed by atoms with E-state index in [1.165, 1.54) is 18.2 Å². The Morgan fingerprint density at radius 2 is 2.15 bits per heavy atom. The lowest BCUT2D eigenvalue weighted by Crippen LogP contribution is -2.37. The minimum Gasteiger partial charge on any atom is -0.467 e. The standard InChI is InChI=1S/C12H14N2O6/c1-7-3-4-9(14(18)19)8(5-7)11(16)13-6-10(15)12(17)20-2/h3-5,10,15H,6H2,1-2H3,(H,13,16). The number of esters is 1. The first kappa shape index (κ1) is 15.6. The maximum Gasteiger partial charge on any atom is 0.336 e. The molecule has 1 unspecified atom stereocenters. The molecule has 1 aromatic carbocycles. The molecule has 0 heterocycles. The molecule has 1 rings (SSSR count). The number of aryl methyl sites for hydroxylation is 1. The molecule has 0 aliphatic rings. The van der Waals surface area contributed by atoms with Gasteiger partial charge in [-0.3, -0.25) is 14.9 Å². The lowest BCUT2D eigenvalue weighted by molar-refractivity contribution is -0.385. The molecule has 0 aliphatic heterocycles. The van der Waals surface area contributed by atoms with E-state index in [1.807, 2.05) is 0 Å². The number of nitrogens with zero attached hydrogens (tertiary/aromatic N) is 1. The Hall–Kier alpha value is -2.48. The molecule has 1 amide bonds. The number of ether oxygens (including phenoxy) is 1. The molecule has 0 aromatic heterocycles. The van der Waals surface area contributed by atoms with Crippen LogP contribution in [0.1, 0.15) is 15.9 Å². The van der Waals surface area contributed by atoms with Crippen molar-refractivity contribution in [2.45, 2.75) is 13.0 Å². The largest absolute Gasteiger partial charge is 0.467 e. The topological polar surface area (TPSA) is 119 Å². The van der Waals surface area contributed by atoms with E-state index in [0.717, 1.165) is 7.11 Å². The van der Waals surface area contributed by atoms with Gasteiger partial charge in [-0.1, -0.05) is 6.07 Å². The van der Waals surface area contributed by atoms with Gasteiger partial charge in [0.25, 0.3) is 11.6 Å². The van der Waals surface area contributed by atoms with Gasteiger partial charge in [0.15, 0.2) is 6.10 Å². The average Bonchev–Trinajstić information content (AvgIpc) is 2.42. The van der Waals surface area contributed by atoms with Gasteiger partial charge in [-0.25, -0.2) is 4.79 Å². The van der Waals surface area contributed by atoms with Crippen LogP contribution in [0.5, 0.6) is 0 Å². The summed E-state index contributed by atoms with van der Waals surface area (Å²) in [5, 5.41) is 22.4. The fourth-order valence-electron chi connectivity index (χ4n) is 1.49. The van der Waals surface area contributed by atoms with Crippen LogP contribution in [-0.4, -0.2) is 41.7 Å². The highest BCUT2D eigenvalue weighted by atomic mass is 16.6. The summed E-state index contributed by atoms with van der Waals surface area (Å²) in [4.78, 5) is 33.0. The molecular weight excluding hydrogens is 268 g/mol. The van der Waals surface area contributed by atoms with Crippen molar-refractivity contribution in [3.63, 3.8) is 0 Å². The van der Waals surface area contributed by atoms with Gasteiger partial charge >= 0.3 is 5.97 Å². The summed E-state index contributed by atoms with van der Waals surface area (Å²) >= 11 is 0. The zero-order chi connectivity index (χ0) is 15.3. The number of carbonyl (C=O) groups is 2. The molecule has 0 saturated heterocycles. The highest BCUT2D eigenvalue weighted by Crippen LogP contribution is 2.19. The molecule has 0 radical (unpaired) electrons. The number of benzene rings is 1. The van der Waals surface area contributed by atoms with Crippen LogP contribution in [0.4, 0.5) is 5.69 Å². The summed E-state index contributed by atoms with van der Waals surface area (Å²) in [6.07, 6.45) is -1.52. The van der Waals surface area contributed by atoms with Gasteiger partial charge < -0.3 is 15.2 Å². The summed E-state index contributed by atoms with van der Waals surface area (Å²) in [6, 6.07) is 4.09. The van der Waals surface area contributed by atoms with E-state index in [4.69, 9.17) is 0 Å². The molecule has 0 fully saturated rings. The van der Waals surface area contributed by atoms with E-state index in [1.54, 1.807) is 6.92 Å². The molecule has 2 N–H and O–H groups in total. The maximum absolute atomic E-state index is 11.9. The van der Waals surface area contributed by atoms with Gasteiger partial charge in [-0.2, -0.15) is 0 Å². The Labute approximate surface area is 114 Å². The molecule has 8 heteroatoms. The fourth-order valence-corrected chi connectivity index (χ4v) is 1.49. The second-order valence-corrected chi connectivity index (χ2v) is 4.03. The number of aliphatic hydroxyl groups excluding tert-OH is 1. The van der Waals surface area contributed by atoms with E-state index >= 15 is 0 Å². The average molecular weight is 282 g/mol. The SMILES string of the molecule is COC(=O)C(O)CNC(=O)c1cc(C)ccc1[N+](=O)[O-]. The van der Waals surface area contributed by atoms with Crippen molar-refractivity contribution < 1.29 is 24.4 Å². The third-order valence-electron chi connectivity index (χ3n) is 2.52. The number of nitro groups is 1. The van der Waals surface area contributed by atoms with Crippen molar-refractivity contribution in [1.82, 2.24) is 5.32 Å². The number of amides is 1. The minimum absolute atomic E-state index is 0.132. The van der Waals surface area contributed by atoms with E-state index < -0.39 is 29.4 Å². The van der Waals surface area contributed by atoms with Crippen LogP contribution in [-0.2, 0) is 9.53 Å². The van der Waals surface area contributed by atoms with Gasteiger partial charge in [0.2, 0.25) is 0 Å². The molecular formula is C12H14N2O6. The Balaban J connectivity index is 2.85. The summed E-state index contributed by atoms with van der Waals surface area (Å²) in [6.45, 7) is 1.29. The van der Waals surface area contributed by atoms with Gasteiger partial charge in [0.05, 0.1) is 18.6 Å². The first-order chi connectivity index (χ1) is 9.36. The zero-order valence-electron chi connectivity index (χ0n) is 11.0. The first-order valence-electron chi connectivity index (χ1n) is 5.66. The molecule has 0 saturated carbocycles. The van der Waals surface area contributed by atoms with Crippen molar-refractivity contribution in [2.75, 3.05) is 13.7 Å². The predicted octanol–water partition coefficient (Wildman–Crippen LogP) is 0.167. The number of rotatable bonds is 5. The number of nitrogens with one attached hydrogen (secondary N) is 1. The van der Waals surface area contributed by atoms with Crippen LogP contribution in [0, 0.1) is 17.0 Å². The fraction of sp³-hybridized carbons (Fsp3) is 0.333. The van der Waals surface area contributed by atoms with Crippen LogP contribution < -0.4 is 5.32 Å². The smallest absolute Gasteiger partial charge is 0.336 e. The van der Waals surface area contributed by atoms with Crippen LogP contribution in [0.25, 0.3) is 0 Å². The van der Waals surface area contributed by atoms with E-state index in [0.29, 0.717) is 5.56 Å². The Morgan fingerprint density at radius 3 is 2.70 bits per heavy atom. The molecule has 0 aliphatic carbocycles. The van der Waals surface area contributed by atoms with Crippen molar-refractivity contribution in [3.05, 3.63) is 39.4 Å². The molecule has 20 heavy (non-hydrogen) atoms. The highest BCUT2D eigenvalue weighted by molar-refractivity contribution is 5.98. The lowest BCUT2D eigenvalue weighted by Gasteiger charge is -2.10. The highest BCUT2D eigenvalue weighted by Gasteiger charge is 2.22. The van der Waals surface area contributed by atoms with E-state index in [-0.39, 0.29) is 11.3 Å². The van der Waals surface area contributed by atoms with Crippen LogP contribution in [0.15, 0.2) is 18.2 Å². The molecule has 0 bridgehead atoms. The molecule has 1 aromatic rings. The summed E-state index contributed by atoms with van der Waals surface area (Å²) in [5.74, 6) is -1.65. The van der Waals surface area contributed by atoms with Crippen LogP contribution >= 0.6 is 0 Å². The van der Waals surface area contributed by atoms with Gasteiger partial charge in [-0.05, 0) is 18.6 Å². The van der Waals surface area contributed by atoms with Crippen molar-refractivity contribution >= 4 is 17.6 Å². The summed E-state index contributed by atoms with van der Waals surface area (Å²) in [7, 11) is 1.10. The van der Waals surface area contributed by atoms with Gasteiger partial charge in [0, 0.05) is 6.07 Å². The first-order valence-corrected chi connectivity index (χ1v) is 5.66. The Bertz CT molecular complexity index is 543. The van der Waals surface area contributed by atoms with Crippen molar-refractivity contribution in [1.29, 1.82) is 0 Å². The number of carbonyl (C=O) groups excluding carboxylic acids is 2. The van der Waals surface area contributed by atoms with Crippen LogP contribution in [0.3, 0.4) is 0 Å². The van der Waals surface area contributed by atoms with Crippen LogP contribution in [0.2, 0.25) is 0 Å². The monoisotopic (exact) mass is 282 g/mol. The molecule has 8 nitrogen and oxygen atoms in total. The molecule has 108 valence electrons. The third kappa shape index (κ3) is 3.75. The van der Waals surface area contributed by atoms with E-state index in [9.17, 15) is 24.8 Å².